The molecule has 0 bridgehead atoms. The minimum atomic E-state index is 0.834. The lowest BCUT2D eigenvalue weighted by Crippen LogP contribution is -2.25. The van der Waals surface area contributed by atoms with Gasteiger partial charge in [-0.15, -0.1) is 0 Å². The fraction of sp³-hybridized carbons (Fsp3) is 0.176. The molecule has 0 saturated heterocycles. The number of aliphatic imine (C=N–C) groups is 1. The number of thioether (sulfide) groups is 1. The maximum absolute atomic E-state index is 4.65. The molecule has 0 unspecified atom stereocenters. The van der Waals surface area contributed by atoms with Gasteiger partial charge >= 0.3 is 0 Å². The summed E-state index contributed by atoms with van der Waals surface area (Å²) >= 11 is 1.68. The van der Waals surface area contributed by atoms with Crippen LogP contribution >= 0.6 is 11.8 Å². The molecule has 3 nitrogen and oxygen atoms in total. The van der Waals surface area contributed by atoms with Gasteiger partial charge in [-0.25, -0.2) is 4.99 Å². The third-order valence-electron chi connectivity index (χ3n) is 3.31. The molecule has 0 atom stereocenters. The van der Waals surface area contributed by atoms with Gasteiger partial charge in [-0.1, -0.05) is 59.8 Å². The lowest BCUT2D eigenvalue weighted by molar-refractivity contribution is 1.03. The van der Waals surface area contributed by atoms with Gasteiger partial charge in [0.25, 0.3) is 0 Å². The number of hydrogen-bond donors (Lipinski definition) is 1. The fourth-order valence-electron chi connectivity index (χ4n) is 2.19. The molecule has 1 heterocycles. The molecule has 106 valence electrons. The van der Waals surface area contributed by atoms with Crippen LogP contribution in [0.25, 0.3) is 0 Å². The molecule has 0 aromatic heterocycles. The molecule has 2 aromatic rings. The summed E-state index contributed by atoms with van der Waals surface area (Å²) in [6.45, 7) is 4.17. The number of amidine groups is 1. The molecular weight excluding hydrogens is 278 g/mol. The van der Waals surface area contributed by atoms with Gasteiger partial charge in [-0.3, -0.25) is 5.43 Å². The van der Waals surface area contributed by atoms with Crippen LogP contribution in [-0.2, 0) is 0 Å². The van der Waals surface area contributed by atoms with E-state index in [1.165, 1.54) is 11.1 Å². The molecule has 4 heteroatoms. The molecule has 0 fully saturated rings. The largest absolute Gasteiger partial charge is 0.255 e. The van der Waals surface area contributed by atoms with Gasteiger partial charge in [0.15, 0.2) is 5.17 Å². The third kappa shape index (κ3) is 3.34. The normalized spacial score (nSPS) is 16.5. The zero-order valence-corrected chi connectivity index (χ0v) is 12.9. The van der Waals surface area contributed by atoms with Crippen LogP contribution in [0, 0.1) is 13.8 Å². The number of rotatable bonds is 2. The molecule has 1 aliphatic rings. The monoisotopic (exact) mass is 295 g/mol. The first-order valence-electron chi connectivity index (χ1n) is 6.89. The zero-order chi connectivity index (χ0) is 14.7. The molecule has 21 heavy (non-hydrogen) atoms. The standard InChI is InChI=1S/C17H17N3S/c1-12-8-9-15(13(2)10-12)18-17-20-19-16(11-21-17)14-6-4-3-5-7-14/h3-10H,11H2,1-2H3,(H,18,20). The highest BCUT2D eigenvalue weighted by atomic mass is 32.2. The molecule has 0 radical (unpaired) electrons. The maximum Gasteiger partial charge on any atom is 0.182 e. The molecule has 0 amide bonds. The van der Waals surface area contributed by atoms with Gasteiger partial charge < -0.3 is 0 Å². The minimum absolute atomic E-state index is 0.834. The van der Waals surface area contributed by atoms with Crippen LogP contribution < -0.4 is 5.43 Å². The van der Waals surface area contributed by atoms with Crippen LogP contribution in [0.2, 0.25) is 0 Å². The zero-order valence-electron chi connectivity index (χ0n) is 12.1. The summed E-state index contributed by atoms with van der Waals surface area (Å²) in [4.78, 5) is 4.65. The van der Waals surface area contributed by atoms with E-state index in [1.807, 2.05) is 18.2 Å². The molecule has 0 saturated carbocycles. The Balaban J connectivity index is 1.79. The van der Waals surface area contributed by atoms with Crippen molar-refractivity contribution >= 4 is 28.3 Å². The second-order valence-corrected chi connectivity index (χ2v) is 6.00. The Morgan fingerprint density at radius 2 is 1.90 bits per heavy atom. The second kappa shape index (κ2) is 6.14. The fourth-order valence-corrected chi connectivity index (χ4v) is 2.97. The highest BCUT2D eigenvalue weighted by Gasteiger charge is 2.13. The number of aryl methyl sites for hydroxylation is 2. The first kappa shape index (κ1) is 13.9. The molecule has 0 aliphatic carbocycles. The van der Waals surface area contributed by atoms with E-state index in [-0.39, 0.29) is 0 Å². The van der Waals surface area contributed by atoms with E-state index < -0.39 is 0 Å². The Labute approximate surface area is 129 Å². The van der Waals surface area contributed by atoms with Crippen LogP contribution in [0.4, 0.5) is 5.69 Å². The van der Waals surface area contributed by atoms with Crippen molar-refractivity contribution in [2.24, 2.45) is 10.1 Å². The quantitative estimate of drug-likeness (QED) is 0.908. The average Bonchev–Trinajstić information content (AvgIpc) is 2.52. The smallest absolute Gasteiger partial charge is 0.182 e. The van der Waals surface area contributed by atoms with Gasteiger partial charge in [0.05, 0.1) is 11.4 Å². The van der Waals surface area contributed by atoms with Crippen molar-refractivity contribution in [3.63, 3.8) is 0 Å². The van der Waals surface area contributed by atoms with Crippen molar-refractivity contribution in [2.45, 2.75) is 13.8 Å². The summed E-state index contributed by atoms with van der Waals surface area (Å²) in [6.07, 6.45) is 0. The summed E-state index contributed by atoms with van der Waals surface area (Å²) in [6, 6.07) is 16.5. The van der Waals surface area contributed by atoms with Crippen LogP contribution in [-0.4, -0.2) is 16.6 Å². The molecule has 1 aliphatic heterocycles. The lowest BCUT2D eigenvalue weighted by atomic mass is 10.1. The topological polar surface area (TPSA) is 36.8 Å². The van der Waals surface area contributed by atoms with Crippen molar-refractivity contribution in [3.05, 3.63) is 65.2 Å². The van der Waals surface area contributed by atoms with Crippen molar-refractivity contribution < 1.29 is 0 Å². The Bertz CT molecular complexity index is 705. The van der Waals surface area contributed by atoms with E-state index in [9.17, 15) is 0 Å². The van der Waals surface area contributed by atoms with Crippen molar-refractivity contribution in [1.82, 2.24) is 5.43 Å². The predicted octanol–water partition coefficient (Wildman–Crippen LogP) is 4.03. The Morgan fingerprint density at radius 1 is 1.10 bits per heavy atom. The van der Waals surface area contributed by atoms with Gasteiger partial charge in [0.2, 0.25) is 0 Å². The second-order valence-electron chi connectivity index (χ2n) is 5.03. The summed E-state index contributed by atoms with van der Waals surface area (Å²) in [5, 5.41) is 5.29. The van der Waals surface area contributed by atoms with Crippen LogP contribution in [0.15, 0.2) is 58.6 Å². The van der Waals surface area contributed by atoms with Crippen molar-refractivity contribution in [2.75, 3.05) is 5.75 Å². The van der Waals surface area contributed by atoms with Crippen molar-refractivity contribution in [1.29, 1.82) is 0 Å². The number of hydrogen-bond acceptors (Lipinski definition) is 3. The Morgan fingerprint density at radius 3 is 2.57 bits per heavy atom. The van der Waals surface area contributed by atoms with Crippen LogP contribution in [0.3, 0.4) is 0 Å². The molecule has 1 N–H and O–H groups in total. The van der Waals surface area contributed by atoms with Gasteiger partial charge in [0, 0.05) is 5.75 Å². The highest BCUT2D eigenvalue weighted by molar-refractivity contribution is 8.14. The van der Waals surface area contributed by atoms with E-state index in [1.54, 1.807) is 11.8 Å². The van der Waals surface area contributed by atoms with E-state index >= 15 is 0 Å². The van der Waals surface area contributed by atoms with E-state index in [0.29, 0.717) is 0 Å². The third-order valence-corrected chi connectivity index (χ3v) is 4.19. The summed E-state index contributed by atoms with van der Waals surface area (Å²) in [5.41, 5.74) is 8.70. The SMILES string of the molecule is Cc1ccc(N=C2NN=C(c3ccccc3)CS2)c(C)c1. The summed E-state index contributed by atoms with van der Waals surface area (Å²) in [5.74, 6) is 0.834. The van der Waals surface area contributed by atoms with Crippen LogP contribution in [0.1, 0.15) is 16.7 Å². The van der Waals surface area contributed by atoms with E-state index in [2.05, 4.69) is 59.7 Å². The first-order chi connectivity index (χ1) is 10.2. The first-order valence-corrected chi connectivity index (χ1v) is 7.88. The lowest BCUT2D eigenvalue weighted by Gasteiger charge is -2.15. The van der Waals surface area contributed by atoms with Gasteiger partial charge in [-0.2, -0.15) is 5.10 Å². The molecule has 0 spiro atoms. The molecule has 3 rings (SSSR count). The molecule has 2 aromatic carbocycles. The number of nitrogens with zero attached hydrogens (tertiary/aromatic N) is 2. The van der Waals surface area contributed by atoms with Crippen molar-refractivity contribution in [3.8, 4) is 0 Å². The number of benzene rings is 2. The average molecular weight is 295 g/mol. The summed E-state index contributed by atoms with van der Waals surface area (Å²) < 4.78 is 0. The van der Waals surface area contributed by atoms with Gasteiger partial charge in [0.1, 0.15) is 0 Å². The summed E-state index contributed by atoms with van der Waals surface area (Å²) in [7, 11) is 0. The van der Waals surface area contributed by atoms with E-state index in [0.717, 1.165) is 27.9 Å². The predicted molar refractivity (Wildman–Crippen MR) is 91.6 cm³/mol. The minimum Gasteiger partial charge on any atom is -0.255 e. The number of nitrogens with one attached hydrogen (secondary N) is 1. The maximum atomic E-state index is 4.65. The van der Waals surface area contributed by atoms with Gasteiger partial charge in [-0.05, 0) is 31.0 Å². The highest BCUT2D eigenvalue weighted by Crippen LogP contribution is 2.22. The molecular formula is C17H17N3S. The Hall–Kier alpha value is -2.07. The number of hydrazone groups is 1. The Kier molecular flexibility index (Phi) is 4.06. The van der Waals surface area contributed by atoms with Crippen LogP contribution in [0.5, 0.6) is 0 Å². The van der Waals surface area contributed by atoms with E-state index in [4.69, 9.17) is 0 Å².